The average molecular weight is 278 g/mol. The Morgan fingerprint density at radius 3 is 2.79 bits per heavy atom. The van der Waals surface area contributed by atoms with Gasteiger partial charge in [-0.1, -0.05) is 16.8 Å². The van der Waals surface area contributed by atoms with Gasteiger partial charge in [0.25, 0.3) is 0 Å². The lowest BCUT2D eigenvalue weighted by Crippen LogP contribution is -2.06. The van der Waals surface area contributed by atoms with Gasteiger partial charge in [-0.15, -0.1) is 0 Å². The van der Waals surface area contributed by atoms with Crippen molar-refractivity contribution in [1.82, 2.24) is 5.16 Å². The summed E-state index contributed by atoms with van der Waals surface area (Å²) < 4.78 is 10.4. The summed E-state index contributed by atoms with van der Waals surface area (Å²) >= 11 is 5.82. The molecule has 0 N–H and O–H groups in total. The molecule has 1 fully saturated rings. The number of carbonyl (C=O) groups is 1. The molecule has 1 aliphatic carbocycles. The van der Waals surface area contributed by atoms with Gasteiger partial charge in [0.05, 0.1) is 5.92 Å². The van der Waals surface area contributed by atoms with Crippen LogP contribution in [0, 0.1) is 5.92 Å². The molecule has 1 heterocycles. The van der Waals surface area contributed by atoms with E-state index in [0.717, 1.165) is 18.4 Å². The van der Waals surface area contributed by atoms with E-state index in [-0.39, 0.29) is 18.5 Å². The zero-order chi connectivity index (χ0) is 13.2. The maximum absolute atomic E-state index is 11.4. The SMILES string of the molecule is O=C(OCc1cc(-c2ccc(Cl)cc2)on1)C1CC1. The standard InChI is InChI=1S/C14H12ClNO3/c15-11-5-3-9(4-6-11)13-7-12(16-19-13)8-18-14(17)10-1-2-10/h3-7,10H,1-2,8H2. The molecule has 2 aromatic rings. The molecule has 0 atom stereocenters. The number of hydrogen-bond donors (Lipinski definition) is 0. The van der Waals surface area contributed by atoms with E-state index in [4.69, 9.17) is 20.9 Å². The smallest absolute Gasteiger partial charge is 0.309 e. The summed E-state index contributed by atoms with van der Waals surface area (Å²) in [6.07, 6.45) is 1.88. The lowest BCUT2D eigenvalue weighted by atomic mass is 10.2. The van der Waals surface area contributed by atoms with E-state index in [1.54, 1.807) is 18.2 Å². The van der Waals surface area contributed by atoms with Crippen molar-refractivity contribution in [3.8, 4) is 11.3 Å². The minimum Gasteiger partial charge on any atom is -0.459 e. The van der Waals surface area contributed by atoms with Crippen molar-refractivity contribution >= 4 is 17.6 Å². The first kappa shape index (κ1) is 12.2. The van der Waals surface area contributed by atoms with Crippen LogP contribution in [0.5, 0.6) is 0 Å². The van der Waals surface area contributed by atoms with Crippen LogP contribution in [0.15, 0.2) is 34.9 Å². The largest absolute Gasteiger partial charge is 0.459 e. The van der Waals surface area contributed by atoms with Crippen molar-refractivity contribution in [1.29, 1.82) is 0 Å². The fourth-order valence-electron chi connectivity index (χ4n) is 1.71. The molecule has 1 aliphatic rings. The van der Waals surface area contributed by atoms with Crippen LogP contribution in [0.3, 0.4) is 0 Å². The van der Waals surface area contributed by atoms with Gasteiger partial charge in [0, 0.05) is 16.7 Å². The normalized spacial score (nSPS) is 14.4. The Kier molecular flexibility index (Phi) is 3.25. The second-order valence-electron chi connectivity index (χ2n) is 4.57. The molecule has 19 heavy (non-hydrogen) atoms. The van der Waals surface area contributed by atoms with Gasteiger partial charge in [-0.3, -0.25) is 4.79 Å². The van der Waals surface area contributed by atoms with E-state index in [1.807, 2.05) is 12.1 Å². The van der Waals surface area contributed by atoms with Gasteiger partial charge in [-0.25, -0.2) is 0 Å². The Hall–Kier alpha value is -1.81. The molecule has 0 bridgehead atoms. The molecule has 0 radical (unpaired) electrons. The highest BCUT2D eigenvalue weighted by atomic mass is 35.5. The highest BCUT2D eigenvalue weighted by Crippen LogP contribution is 2.30. The van der Waals surface area contributed by atoms with Crippen LogP contribution in [0.4, 0.5) is 0 Å². The number of benzene rings is 1. The molecule has 0 unspecified atom stereocenters. The zero-order valence-corrected chi connectivity index (χ0v) is 10.9. The minimum absolute atomic E-state index is 0.0997. The Labute approximate surface area is 115 Å². The van der Waals surface area contributed by atoms with Crippen molar-refractivity contribution < 1.29 is 14.1 Å². The van der Waals surface area contributed by atoms with E-state index >= 15 is 0 Å². The Bertz CT molecular complexity index is 587. The Morgan fingerprint density at radius 2 is 2.11 bits per heavy atom. The van der Waals surface area contributed by atoms with Gasteiger partial charge >= 0.3 is 5.97 Å². The summed E-state index contributed by atoms with van der Waals surface area (Å²) in [5.74, 6) is 0.591. The first-order valence-electron chi connectivity index (χ1n) is 6.10. The van der Waals surface area contributed by atoms with Crippen molar-refractivity contribution in [2.45, 2.75) is 19.4 Å². The van der Waals surface area contributed by atoms with E-state index in [2.05, 4.69) is 5.16 Å². The average Bonchev–Trinajstić information content (AvgIpc) is 3.16. The number of nitrogens with zero attached hydrogens (tertiary/aromatic N) is 1. The second-order valence-corrected chi connectivity index (χ2v) is 5.01. The Morgan fingerprint density at radius 1 is 1.37 bits per heavy atom. The van der Waals surface area contributed by atoms with Crippen LogP contribution in [-0.2, 0) is 16.1 Å². The maximum atomic E-state index is 11.4. The molecule has 1 saturated carbocycles. The highest BCUT2D eigenvalue weighted by Gasteiger charge is 2.31. The van der Waals surface area contributed by atoms with Crippen molar-refractivity contribution in [3.63, 3.8) is 0 Å². The molecule has 1 aromatic carbocycles. The molecule has 4 nitrogen and oxygen atoms in total. The predicted octanol–water partition coefficient (Wildman–Crippen LogP) is 3.45. The Balaban J connectivity index is 1.65. The summed E-state index contributed by atoms with van der Waals surface area (Å²) in [4.78, 5) is 11.4. The molecule has 0 aliphatic heterocycles. The first-order chi connectivity index (χ1) is 9.22. The number of esters is 1. The fraction of sp³-hybridized carbons (Fsp3) is 0.286. The number of rotatable bonds is 4. The van der Waals surface area contributed by atoms with E-state index in [9.17, 15) is 4.79 Å². The minimum atomic E-state index is -0.143. The lowest BCUT2D eigenvalue weighted by molar-refractivity contribution is -0.146. The molecule has 0 amide bonds. The van der Waals surface area contributed by atoms with Crippen LogP contribution >= 0.6 is 11.6 Å². The second kappa shape index (κ2) is 5.05. The monoisotopic (exact) mass is 277 g/mol. The summed E-state index contributed by atoms with van der Waals surface area (Å²) in [6.45, 7) is 0.159. The molecule has 98 valence electrons. The highest BCUT2D eigenvalue weighted by molar-refractivity contribution is 6.30. The number of halogens is 1. The van der Waals surface area contributed by atoms with Gasteiger partial charge in [-0.2, -0.15) is 0 Å². The van der Waals surface area contributed by atoms with E-state index in [0.29, 0.717) is 16.5 Å². The van der Waals surface area contributed by atoms with Crippen LogP contribution in [-0.4, -0.2) is 11.1 Å². The van der Waals surface area contributed by atoms with Crippen molar-refractivity contribution in [3.05, 3.63) is 41.0 Å². The molecule has 5 heteroatoms. The number of ether oxygens (including phenoxy) is 1. The van der Waals surface area contributed by atoms with Gasteiger partial charge in [0.2, 0.25) is 0 Å². The maximum Gasteiger partial charge on any atom is 0.309 e. The first-order valence-corrected chi connectivity index (χ1v) is 6.48. The molecule has 0 spiro atoms. The molecule has 3 rings (SSSR count). The lowest BCUT2D eigenvalue weighted by Gasteiger charge is -1.99. The fourth-order valence-corrected chi connectivity index (χ4v) is 1.84. The topological polar surface area (TPSA) is 52.3 Å². The van der Waals surface area contributed by atoms with Crippen LogP contribution < -0.4 is 0 Å². The van der Waals surface area contributed by atoms with Gasteiger partial charge in [0.1, 0.15) is 12.3 Å². The van der Waals surface area contributed by atoms with Crippen LogP contribution in [0.2, 0.25) is 5.02 Å². The summed E-state index contributed by atoms with van der Waals surface area (Å²) in [7, 11) is 0. The quantitative estimate of drug-likeness (QED) is 0.803. The third kappa shape index (κ3) is 2.96. The number of carbonyl (C=O) groups excluding carboxylic acids is 1. The molecule has 1 aromatic heterocycles. The third-order valence-corrected chi connectivity index (χ3v) is 3.21. The molecular formula is C14H12ClNO3. The number of aromatic nitrogens is 1. The predicted molar refractivity (Wildman–Crippen MR) is 69.5 cm³/mol. The molecular weight excluding hydrogens is 266 g/mol. The summed E-state index contributed by atoms with van der Waals surface area (Å²) in [6, 6.07) is 9.04. The summed E-state index contributed by atoms with van der Waals surface area (Å²) in [5.41, 5.74) is 1.50. The zero-order valence-electron chi connectivity index (χ0n) is 10.1. The van der Waals surface area contributed by atoms with Crippen LogP contribution in [0.1, 0.15) is 18.5 Å². The van der Waals surface area contributed by atoms with Crippen LogP contribution in [0.25, 0.3) is 11.3 Å². The van der Waals surface area contributed by atoms with Gasteiger partial charge in [-0.05, 0) is 37.1 Å². The van der Waals surface area contributed by atoms with Crippen molar-refractivity contribution in [2.24, 2.45) is 5.92 Å². The van der Waals surface area contributed by atoms with Crippen molar-refractivity contribution in [2.75, 3.05) is 0 Å². The number of hydrogen-bond acceptors (Lipinski definition) is 4. The van der Waals surface area contributed by atoms with Gasteiger partial charge < -0.3 is 9.26 Å². The van der Waals surface area contributed by atoms with Gasteiger partial charge in [0.15, 0.2) is 5.76 Å². The summed E-state index contributed by atoms with van der Waals surface area (Å²) in [5, 5.41) is 4.55. The van der Waals surface area contributed by atoms with E-state index < -0.39 is 0 Å². The third-order valence-electron chi connectivity index (χ3n) is 2.96. The molecule has 0 saturated heterocycles. The van der Waals surface area contributed by atoms with E-state index in [1.165, 1.54) is 0 Å².